The molecule has 2 heterocycles. The van der Waals surface area contributed by atoms with Gasteiger partial charge in [-0.25, -0.2) is 0 Å². The monoisotopic (exact) mass is 330 g/mol. The number of rotatable bonds is 5. The molecular formula is C18H26N4O2. The lowest BCUT2D eigenvalue weighted by atomic mass is 10.3. The lowest BCUT2D eigenvalue weighted by Gasteiger charge is -2.35. The van der Waals surface area contributed by atoms with Gasteiger partial charge in [0.05, 0.1) is 13.1 Å². The third-order valence-electron chi connectivity index (χ3n) is 4.71. The Morgan fingerprint density at radius 1 is 0.833 bits per heavy atom. The number of nitrogens with one attached hydrogen (secondary N) is 1. The molecule has 6 heteroatoms. The standard InChI is InChI=1S/C18H26N4O2/c23-17(19-16-6-2-1-3-7-16)14-21-10-12-22(13-11-21)18(24)15-20-8-4-5-9-20/h1-3,6-7H,4-5,8-15H2,(H,19,23). The number of carbonyl (C=O) groups excluding carboxylic acids is 2. The second-order valence-electron chi connectivity index (χ2n) is 6.55. The van der Waals surface area contributed by atoms with E-state index in [0.29, 0.717) is 26.2 Å². The molecule has 0 radical (unpaired) electrons. The summed E-state index contributed by atoms with van der Waals surface area (Å²) in [4.78, 5) is 30.7. The molecular weight excluding hydrogens is 304 g/mol. The second kappa shape index (κ2) is 8.26. The van der Waals surface area contributed by atoms with Gasteiger partial charge in [-0.2, -0.15) is 0 Å². The van der Waals surface area contributed by atoms with Crippen LogP contribution >= 0.6 is 0 Å². The summed E-state index contributed by atoms with van der Waals surface area (Å²) in [5.74, 6) is 0.225. The number of para-hydroxylation sites is 1. The first-order valence-electron chi connectivity index (χ1n) is 8.78. The van der Waals surface area contributed by atoms with Gasteiger partial charge in [-0.05, 0) is 38.1 Å². The highest BCUT2D eigenvalue weighted by Crippen LogP contribution is 2.09. The van der Waals surface area contributed by atoms with Crippen molar-refractivity contribution in [3.63, 3.8) is 0 Å². The van der Waals surface area contributed by atoms with Crippen LogP contribution in [0.15, 0.2) is 30.3 Å². The van der Waals surface area contributed by atoms with E-state index < -0.39 is 0 Å². The molecule has 2 aliphatic heterocycles. The molecule has 1 aromatic carbocycles. The molecule has 2 saturated heterocycles. The number of benzene rings is 1. The number of hydrogen-bond acceptors (Lipinski definition) is 4. The number of likely N-dealkylation sites (tertiary alicyclic amines) is 1. The molecule has 2 amide bonds. The molecule has 0 spiro atoms. The number of anilines is 1. The predicted molar refractivity (Wildman–Crippen MR) is 93.8 cm³/mol. The lowest BCUT2D eigenvalue weighted by molar-refractivity contribution is -0.134. The van der Waals surface area contributed by atoms with Crippen molar-refractivity contribution in [1.82, 2.24) is 14.7 Å². The van der Waals surface area contributed by atoms with Crippen molar-refractivity contribution in [1.29, 1.82) is 0 Å². The van der Waals surface area contributed by atoms with Gasteiger partial charge in [-0.1, -0.05) is 18.2 Å². The van der Waals surface area contributed by atoms with E-state index in [2.05, 4.69) is 15.1 Å². The minimum absolute atomic E-state index is 0.00181. The number of nitrogens with zero attached hydrogens (tertiary/aromatic N) is 3. The maximum atomic E-state index is 12.3. The molecule has 1 N–H and O–H groups in total. The summed E-state index contributed by atoms with van der Waals surface area (Å²) in [6.45, 7) is 5.97. The van der Waals surface area contributed by atoms with E-state index in [1.165, 1.54) is 12.8 Å². The molecule has 0 aliphatic carbocycles. The van der Waals surface area contributed by atoms with Crippen molar-refractivity contribution >= 4 is 17.5 Å². The van der Waals surface area contributed by atoms with E-state index in [1.54, 1.807) is 0 Å². The van der Waals surface area contributed by atoms with Crippen molar-refractivity contribution in [2.75, 3.05) is 57.7 Å². The van der Waals surface area contributed by atoms with Crippen LogP contribution in [0.2, 0.25) is 0 Å². The second-order valence-corrected chi connectivity index (χ2v) is 6.55. The fraction of sp³-hybridized carbons (Fsp3) is 0.556. The molecule has 0 aromatic heterocycles. The Bertz CT molecular complexity index is 549. The molecule has 2 aliphatic rings. The third-order valence-corrected chi connectivity index (χ3v) is 4.71. The maximum absolute atomic E-state index is 12.3. The van der Waals surface area contributed by atoms with Crippen molar-refractivity contribution in [2.24, 2.45) is 0 Å². The fourth-order valence-corrected chi connectivity index (χ4v) is 3.31. The van der Waals surface area contributed by atoms with Crippen LogP contribution < -0.4 is 5.32 Å². The lowest BCUT2D eigenvalue weighted by Crippen LogP contribution is -2.52. The largest absolute Gasteiger partial charge is 0.339 e. The van der Waals surface area contributed by atoms with Gasteiger partial charge < -0.3 is 10.2 Å². The Labute approximate surface area is 143 Å². The Hall–Kier alpha value is -1.92. The molecule has 130 valence electrons. The highest BCUT2D eigenvalue weighted by atomic mass is 16.2. The first-order valence-corrected chi connectivity index (χ1v) is 8.78. The minimum Gasteiger partial charge on any atom is -0.339 e. The maximum Gasteiger partial charge on any atom is 0.238 e. The van der Waals surface area contributed by atoms with Crippen LogP contribution in [0.3, 0.4) is 0 Å². The summed E-state index contributed by atoms with van der Waals surface area (Å²) in [6, 6.07) is 9.49. The summed E-state index contributed by atoms with van der Waals surface area (Å²) in [5.41, 5.74) is 0.821. The minimum atomic E-state index is -0.00181. The molecule has 6 nitrogen and oxygen atoms in total. The Balaban J connectivity index is 1.38. The van der Waals surface area contributed by atoms with E-state index in [4.69, 9.17) is 0 Å². The van der Waals surface area contributed by atoms with Crippen LogP contribution in [-0.2, 0) is 9.59 Å². The van der Waals surface area contributed by atoms with Gasteiger partial charge in [0.15, 0.2) is 0 Å². The summed E-state index contributed by atoms with van der Waals surface area (Å²) in [6.07, 6.45) is 2.41. The first-order chi connectivity index (χ1) is 11.7. The van der Waals surface area contributed by atoms with Crippen molar-refractivity contribution in [3.8, 4) is 0 Å². The van der Waals surface area contributed by atoms with E-state index >= 15 is 0 Å². The van der Waals surface area contributed by atoms with Gasteiger partial charge in [0, 0.05) is 31.9 Å². The quantitative estimate of drug-likeness (QED) is 0.870. The summed E-state index contributed by atoms with van der Waals surface area (Å²) in [5, 5.41) is 2.90. The number of piperazine rings is 1. The zero-order valence-electron chi connectivity index (χ0n) is 14.1. The van der Waals surface area contributed by atoms with Crippen LogP contribution in [0.4, 0.5) is 5.69 Å². The molecule has 24 heavy (non-hydrogen) atoms. The molecule has 1 aromatic rings. The van der Waals surface area contributed by atoms with Crippen LogP contribution in [0.1, 0.15) is 12.8 Å². The van der Waals surface area contributed by atoms with Crippen molar-refractivity contribution in [3.05, 3.63) is 30.3 Å². The van der Waals surface area contributed by atoms with E-state index in [0.717, 1.165) is 31.9 Å². The molecule has 0 bridgehead atoms. The van der Waals surface area contributed by atoms with E-state index in [1.807, 2.05) is 35.2 Å². The third kappa shape index (κ3) is 4.79. The number of hydrogen-bond donors (Lipinski definition) is 1. The zero-order chi connectivity index (χ0) is 16.8. The van der Waals surface area contributed by atoms with Crippen LogP contribution in [0, 0.1) is 0 Å². The average molecular weight is 330 g/mol. The Morgan fingerprint density at radius 3 is 2.12 bits per heavy atom. The van der Waals surface area contributed by atoms with Gasteiger partial charge in [0.2, 0.25) is 11.8 Å². The average Bonchev–Trinajstić information content (AvgIpc) is 3.09. The van der Waals surface area contributed by atoms with Crippen LogP contribution in [-0.4, -0.2) is 78.9 Å². The number of carbonyl (C=O) groups is 2. The van der Waals surface area contributed by atoms with Gasteiger partial charge in [-0.15, -0.1) is 0 Å². The van der Waals surface area contributed by atoms with Crippen molar-refractivity contribution < 1.29 is 9.59 Å². The SMILES string of the molecule is O=C(CN1CCN(C(=O)CN2CCCC2)CC1)Nc1ccccc1. The number of amides is 2. The van der Waals surface area contributed by atoms with Crippen molar-refractivity contribution in [2.45, 2.75) is 12.8 Å². The van der Waals surface area contributed by atoms with Gasteiger partial charge in [0.25, 0.3) is 0 Å². The van der Waals surface area contributed by atoms with E-state index in [-0.39, 0.29) is 11.8 Å². The van der Waals surface area contributed by atoms with Crippen LogP contribution in [0.5, 0.6) is 0 Å². The molecule has 2 fully saturated rings. The van der Waals surface area contributed by atoms with Gasteiger partial charge >= 0.3 is 0 Å². The topological polar surface area (TPSA) is 55.9 Å². The molecule has 0 atom stereocenters. The first kappa shape index (κ1) is 16.9. The molecule has 0 unspecified atom stereocenters. The zero-order valence-corrected chi connectivity index (χ0v) is 14.1. The highest BCUT2D eigenvalue weighted by molar-refractivity contribution is 5.92. The highest BCUT2D eigenvalue weighted by Gasteiger charge is 2.24. The van der Waals surface area contributed by atoms with Crippen LogP contribution in [0.25, 0.3) is 0 Å². The summed E-state index contributed by atoms with van der Waals surface area (Å²) in [7, 11) is 0. The summed E-state index contributed by atoms with van der Waals surface area (Å²) < 4.78 is 0. The van der Waals surface area contributed by atoms with Gasteiger partial charge in [0.1, 0.15) is 0 Å². The molecule has 3 rings (SSSR count). The molecule has 0 saturated carbocycles. The van der Waals surface area contributed by atoms with Gasteiger partial charge in [-0.3, -0.25) is 19.4 Å². The van der Waals surface area contributed by atoms with E-state index in [9.17, 15) is 9.59 Å². The Kier molecular flexibility index (Phi) is 5.82. The Morgan fingerprint density at radius 2 is 1.46 bits per heavy atom. The fourth-order valence-electron chi connectivity index (χ4n) is 3.31. The smallest absolute Gasteiger partial charge is 0.238 e. The normalized spacial score (nSPS) is 19.4. The summed E-state index contributed by atoms with van der Waals surface area (Å²) >= 11 is 0. The predicted octanol–water partition coefficient (Wildman–Crippen LogP) is 0.865.